The molecule has 1 aromatic rings. The molecule has 9 heteroatoms. The molecule has 8 nitrogen and oxygen atoms in total. The van der Waals surface area contributed by atoms with Crippen LogP contribution in [-0.2, 0) is 17.1 Å². The van der Waals surface area contributed by atoms with E-state index in [1.54, 1.807) is 7.05 Å². The first kappa shape index (κ1) is 15.0. The van der Waals surface area contributed by atoms with Gasteiger partial charge in [-0.25, -0.2) is 8.42 Å². The van der Waals surface area contributed by atoms with Gasteiger partial charge in [-0.15, -0.1) is 0 Å². The molecular weight excluding hydrogens is 286 g/mol. The average Bonchev–Trinajstić information content (AvgIpc) is 2.93. The van der Waals surface area contributed by atoms with E-state index in [0.717, 1.165) is 4.31 Å². The highest BCUT2D eigenvalue weighted by Crippen LogP contribution is 2.23. The second-order valence-corrected chi connectivity index (χ2v) is 6.65. The number of carbonyl (C=O) groups excluding carboxylic acids is 1. The summed E-state index contributed by atoms with van der Waals surface area (Å²) in [6.07, 6.45) is -0.851. The Morgan fingerprint density at radius 1 is 1.35 bits per heavy atom. The quantitative estimate of drug-likeness (QED) is 0.604. The molecule has 0 unspecified atom stereocenters. The molecule has 0 spiro atoms. The molecule has 1 aliphatic rings. The molecular formula is C11H17N3O5S. The molecule has 0 radical (unpaired) electrons. The average molecular weight is 303 g/mol. The van der Waals surface area contributed by atoms with Crippen molar-refractivity contribution >= 4 is 15.9 Å². The van der Waals surface area contributed by atoms with Gasteiger partial charge in [0.05, 0.1) is 12.2 Å². The largest absolute Gasteiger partial charge is 0.389 e. The summed E-state index contributed by atoms with van der Waals surface area (Å²) in [5.74, 6) is -0.393. The standard InChI is InChI=1S/C11H17N3O5S/c1-12-11(17)8-3-7(4-13(8)2)20(18,19)14-5-9(15)10(16)6-14/h3-4,9-10,15-16H,5-6H2,1-2H3,(H,12,17)/t9-,10+. The van der Waals surface area contributed by atoms with Crippen molar-refractivity contribution in [2.24, 2.45) is 7.05 Å². The van der Waals surface area contributed by atoms with Gasteiger partial charge in [-0.3, -0.25) is 4.79 Å². The third kappa shape index (κ3) is 2.44. The Balaban J connectivity index is 2.34. The number of hydrogen-bond donors (Lipinski definition) is 3. The lowest BCUT2D eigenvalue weighted by atomic mass is 10.3. The smallest absolute Gasteiger partial charge is 0.267 e. The molecule has 1 saturated heterocycles. The minimum Gasteiger partial charge on any atom is -0.389 e. The highest BCUT2D eigenvalue weighted by molar-refractivity contribution is 7.89. The number of aliphatic hydroxyl groups excluding tert-OH is 2. The van der Waals surface area contributed by atoms with Crippen molar-refractivity contribution < 1.29 is 23.4 Å². The summed E-state index contributed by atoms with van der Waals surface area (Å²) in [4.78, 5) is 11.5. The fourth-order valence-corrected chi connectivity index (χ4v) is 3.66. The third-order valence-corrected chi connectivity index (χ3v) is 5.10. The number of carbonyl (C=O) groups is 1. The van der Waals surface area contributed by atoms with Gasteiger partial charge in [0.15, 0.2) is 0 Å². The van der Waals surface area contributed by atoms with Crippen LogP contribution in [0.1, 0.15) is 10.5 Å². The van der Waals surface area contributed by atoms with Gasteiger partial charge in [0.2, 0.25) is 10.0 Å². The first-order valence-corrected chi connectivity index (χ1v) is 7.46. The minimum atomic E-state index is -3.84. The van der Waals surface area contributed by atoms with Gasteiger partial charge in [-0.2, -0.15) is 4.31 Å². The number of hydrogen-bond acceptors (Lipinski definition) is 5. The monoisotopic (exact) mass is 303 g/mol. The second-order valence-electron chi connectivity index (χ2n) is 4.71. The summed E-state index contributed by atoms with van der Waals surface area (Å²) < 4.78 is 27.1. The second kappa shape index (κ2) is 5.17. The maximum Gasteiger partial charge on any atom is 0.267 e. The Labute approximate surface area is 116 Å². The fourth-order valence-electron chi connectivity index (χ4n) is 2.11. The minimum absolute atomic E-state index is 0.0418. The number of aliphatic hydroxyl groups is 2. The summed E-state index contributed by atoms with van der Waals surface area (Å²) in [7, 11) is -0.814. The van der Waals surface area contributed by atoms with Gasteiger partial charge in [-0.1, -0.05) is 0 Å². The van der Waals surface area contributed by atoms with Crippen LogP contribution in [0.15, 0.2) is 17.2 Å². The molecule has 2 rings (SSSR count). The molecule has 1 fully saturated rings. The van der Waals surface area contributed by atoms with Gasteiger partial charge in [0.1, 0.15) is 10.6 Å². The van der Waals surface area contributed by atoms with E-state index < -0.39 is 28.1 Å². The highest BCUT2D eigenvalue weighted by atomic mass is 32.2. The van der Waals surface area contributed by atoms with E-state index >= 15 is 0 Å². The van der Waals surface area contributed by atoms with Crippen LogP contribution in [0.3, 0.4) is 0 Å². The van der Waals surface area contributed by atoms with Crippen LogP contribution in [0.4, 0.5) is 0 Å². The van der Waals surface area contributed by atoms with Crippen LogP contribution in [0.5, 0.6) is 0 Å². The van der Waals surface area contributed by atoms with Crippen LogP contribution in [-0.4, -0.2) is 65.8 Å². The maximum absolute atomic E-state index is 12.4. The number of aromatic nitrogens is 1. The van der Waals surface area contributed by atoms with Crippen molar-refractivity contribution in [3.63, 3.8) is 0 Å². The molecule has 2 heterocycles. The number of β-amino-alcohol motifs (C(OH)–C–C–N with tert-alkyl or cyclic N) is 2. The topological polar surface area (TPSA) is 112 Å². The maximum atomic E-state index is 12.4. The lowest BCUT2D eigenvalue weighted by Gasteiger charge is -2.13. The molecule has 0 bridgehead atoms. The van der Waals surface area contributed by atoms with Crippen LogP contribution in [0.25, 0.3) is 0 Å². The van der Waals surface area contributed by atoms with Gasteiger partial charge in [0, 0.05) is 33.4 Å². The van der Waals surface area contributed by atoms with E-state index in [1.165, 1.54) is 23.9 Å². The first-order chi connectivity index (χ1) is 9.27. The van der Waals surface area contributed by atoms with Crippen molar-refractivity contribution in [2.45, 2.75) is 17.1 Å². The lowest BCUT2D eigenvalue weighted by molar-refractivity contribution is 0.0572. The van der Waals surface area contributed by atoms with Crippen molar-refractivity contribution in [1.29, 1.82) is 0 Å². The number of sulfonamides is 1. The van der Waals surface area contributed by atoms with E-state index in [9.17, 15) is 23.4 Å². The number of amides is 1. The molecule has 0 saturated carbocycles. The lowest BCUT2D eigenvalue weighted by Crippen LogP contribution is -2.29. The predicted molar refractivity (Wildman–Crippen MR) is 69.6 cm³/mol. The molecule has 0 aliphatic carbocycles. The predicted octanol–water partition coefficient (Wildman–Crippen LogP) is -1.89. The zero-order chi connectivity index (χ0) is 15.1. The summed E-state index contributed by atoms with van der Waals surface area (Å²) in [5, 5.41) is 21.3. The zero-order valence-corrected chi connectivity index (χ0v) is 12.0. The summed E-state index contributed by atoms with van der Waals surface area (Å²) in [6, 6.07) is 1.27. The van der Waals surface area contributed by atoms with Gasteiger partial charge in [-0.05, 0) is 6.07 Å². The third-order valence-electron chi connectivity index (χ3n) is 3.30. The first-order valence-electron chi connectivity index (χ1n) is 6.02. The Morgan fingerprint density at radius 2 is 1.90 bits per heavy atom. The Morgan fingerprint density at radius 3 is 2.40 bits per heavy atom. The molecule has 0 aromatic carbocycles. The van der Waals surface area contributed by atoms with Gasteiger partial charge >= 0.3 is 0 Å². The van der Waals surface area contributed by atoms with Crippen LogP contribution in [0.2, 0.25) is 0 Å². The van der Waals surface area contributed by atoms with Crippen LogP contribution < -0.4 is 5.32 Å². The number of aryl methyl sites for hydroxylation is 1. The van der Waals surface area contributed by atoms with Gasteiger partial charge < -0.3 is 20.1 Å². The summed E-state index contributed by atoms with van der Waals surface area (Å²) in [6.45, 7) is -0.318. The van der Waals surface area contributed by atoms with E-state index in [4.69, 9.17) is 0 Å². The van der Waals surface area contributed by atoms with E-state index in [-0.39, 0.29) is 23.7 Å². The number of nitrogens with one attached hydrogen (secondary N) is 1. The molecule has 1 aliphatic heterocycles. The summed E-state index contributed by atoms with van der Waals surface area (Å²) >= 11 is 0. The van der Waals surface area contributed by atoms with Crippen molar-refractivity contribution in [3.8, 4) is 0 Å². The van der Waals surface area contributed by atoms with E-state index in [2.05, 4.69) is 5.32 Å². The Bertz CT molecular complexity index is 614. The Kier molecular flexibility index (Phi) is 3.87. The molecule has 1 amide bonds. The van der Waals surface area contributed by atoms with Crippen molar-refractivity contribution in [3.05, 3.63) is 18.0 Å². The molecule has 3 N–H and O–H groups in total. The SMILES string of the molecule is CNC(=O)c1cc(S(=O)(=O)N2C[C@@H](O)[C@@H](O)C2)cn1C. The molecule has 1 aromatic heterocycles. The normalized spacial score (nSPS) is 24.0. The Hall–Kier alpha value is -1.42. The van der Waals surface area contributed by atoms with Crippen LogP contribution >= 0.6 is 0 Å². The van der Waals surface area contributed by atoms with Crippen LogP contribution in [0, 0.1) is 0 Å². The molecule has 112 valence electrons. The number of nitrogens with zero attached hydrogens (tertiary/aromatic N) is 2. The zero-order valence-electron chi connectivity index (χ0n) is 11.1. The van der Waals surface area contributed by atoms with Crippen molar-refractivity contribution in [2.75, 3.05) is 20.1 Å². The highest BCUT2D eigenvalue weighted by Gasteiger charge is 2.38. The van der Waals surface area contributed by atoms with E-state index in [0.29, 0.717) is 0 Å². The van der Waals surface area contributed by atoms with Gasteiger partial charge in [0.25, 0.3) is 5.91 Å². The molecule has 2 atom stereocenters. The van der Waals surface area contributed by atoms with E-state index in [1.807, 2.05) is 0 Å². The number of rotatable bonds is 3. The molecule has 20 heavy (non-hydrogen) atoms. The summed E-state index contributed by atoms with van der Waals surface area (Å²) in [5.41, 5.74) is 0.214. The van der Waals surface area contributed by atoms with Crippen molar-refractivity contribution in [1.82, 2.24) is 14.2 Å². The fraction of sp³-hybridized carbons (Fsp3) is 0.545.